The quantitative estimate of drug-likeness (QED) is 0.330. The first-order chi connectivity index (χ1) is 17.0. The van der Waals surface area contributed by atoms with E-state index in [0.717, 1.165) is 19.3 Å². The number of ether oxygens (including phenoxy) is 1. The van der Waals surface area contributed by atoms with Crippen molar-refractivity contribution in [2.75, 3.05) is 13.2 Å². The molecular weight excluding hydrogens is 492 g/mol. The van der Waals surface area contributed by atoms with Gasteiger partial charge in [-0.2, -0.15) is 5.10 Å². The lowest BCUT2D eigenvalue weighted by Crippen LogP contribution is -2.17. The average molecular weight is 518 g/mol. The minimum absolute atomic E-state index is 0.0289. The van der Waals surface area contributed by atoms with Crippen LogP contribution in [0.3, 0.4) is 0 Å². The van der Waals surface area contributed by atoms with Crippen LogP contribution in [0.4, 0.5) is 4.39 Å². The van der Waals surface area contributed by atoms with E-state index in [2.05, 4.69) is 15.1 Å². The standard InChI is InChI=1S/C14H8Cl2FN3O.C6H8N2.C5H10O/c1-7-11(16)14(21)20-5-4-18-12(13(20)19-7)9-3-2-8(15)6-10(9)17;1-4-7-8(5-1)6-2-3-6;1-2-4-6-5-3-1/h2-6H,1H3;1,4-6H,2-3H2;1-5H2. The molecule has 1 aliphatic heterocycles. The van der Waals surface area contributed by atoms with E-state index in [-0.39, 0.29) is 26.9 Å². The van der Waals surface area contributed by atoms with E-state index >= 15 is 0 Å². The summed E-state index contributed by atoms with van der Waals surface area (Å²) in [5.41, 5.74) is 0.655. The van der Waals surface area contributed by atoms with Gasteiger partial charge in [0.1, 0.15) is 16.5 Å². The van der Waals surface area contributed by atoms with Crippen molar-refractivity contribution in [3.05, 3.63) is 81.0 Å². The Morgan fingerprint density at radius 2 is 1.86 bits per heavy atom. The SMILES string of the molecule is C1CCOCC1.Cc1nc2c(-c3ccc(Cl)cc3F)nccn2c(=O)c1Cl.c1cnn(C2CC2)c1. The van der Waals surface area contributed by atoms with Gasteiger partial charge in [0, 0.05) is 48.6 Å². The minimum atomic E-state index is -0.537. The molecular formula is C25H26Cl2FN5O2. The number of aromatic nitrogens is 5. The monoisotopic (exact) mass is 517 g/mol. The Balaban J connectivity index is 0.000000166. The molecule has 0 unspecified atom stereocenters. The molecule has 0 spiro atoms. The lowest BCUT2D eigenvalue weighted by atomic mass is 10.1. The van der Waals surface area contributed by atoms with Crippen LogP contribution in [0.1, 0.15) is 43.8 Å². The fraction of sp³-hybridized carbons (Fsp3) is 0.360. The molecule has 2 aliphatic rings. The third-order valence-corrected chi connectivity index (χ3v) is 6.24. The van der Waals surface area contributed by atoms with E-state index in [0.29, 0.717) is 5.69 Å². The molecule has 184 valence electrons. The van der Waals surface area contributed by atoms with Crippen molar-refractivity contribution in [1.29, 1.82) is 0 Å². The van der Waals surface area contributed by atoms with E-state index in [1.807, 2.05) is 23.1 Å². The van der Waals surface area contributed by atoms with E-state index in [4.69, 9.17) is 27.9 Å². The molecule has 0 atom stereocenters. The Morgan fingerprint density at radius 3 is 2.43 bits per heavy atom. The maximum absolute atomic E-state index is 14.1. The maximum atomic E-state index is 14.1. The van der Waals surface area contributed by atoms with Crippen LogP contribution in [-0.2, 0) is 4.74 Å². The number of rotatable bonds is 2. The molecule has 1 aliphatic carbocycles. The number of aryl methyl sites for hydroxylation is 1. The predicted molar refractivity (Wildman–Crippen MR) is 135 cm³/mol. The van der Waals surface area contributed by atoms with E-state index in [1.165, 1.54) is 61.0 Å². The summed E-state index contributed by atoms with van der Waals surface area (Å²) in [6.07, 6.45) is 13.3. The molecule has 1 saturated heterocycles. The van der Waals surface area contributed by atoms with Gasteiger partial charge >= 0.3 is 0 Å². The Kier molecular flexibility index (Phi) is 8.49. The Bertz CT molecular complexity index is 1320. The maximum Gasteiger partial charge on any atom is 0.277 e. The number of fused-ring (bicyclic) bond motifs is 1. The van der Waals surface area contributed by atoms with Crippen molar-refractivity contribution < 1.29 is 9.13 Å². The van der Waals surface area contributed by atoms with Gasteiger partial charge in [-0.25, -0.2) is 9.37 Å². The molecule has 2 fully saturated rings. The Morgan fingerprint density at radius 1 is 1.09 bits per heavy atom. The highest BCUT2D eigenvalue weighted by Crippen LogP contribution is 2.33. The van der Waals surface area contributed by atoms with Gasteiger partial charge in [0.05, 0.1) is 11.7 Å². The van der Waals surface area contributed by atoms with Crippen LogP contribution in [-0.4, -0.2) is 37.4 Å². The van der Waals surface area contributed by atoms with Crippen LogP contribution >= 0.6 is 23.2 Å². The zero-order valence-corrected chi connectivity index (χ0v) is 20.8. The lowest BCUT2D eigenvalue weighted by molar-refractivity contribution is 0.0968. The lowest BCUT2D eigenvalue weighted by Gasteiger charge is -2.08. The predicted octanol–water partition coefficient (Wildman–Crippen LogP) is 5.92. The summed E-state index contributed by atoms with van der Waals surface area (Å²) in [6, 6.07) is 6.94. The Hall–Kier alpha value is -2.81. The highest BCUT2D eigenvalue weighted by molar-refractivity contribution is 6.31. The van der Waals surface area contributed by atoms with Crippen molar-refractivity contribution >= 4 is 28.8 Å². The van der Waals surface area contributed by atoms with Crippen molar-refractivity contribution in [3.8, 4) is 11.3 Å². The molecule has 7 nitrogen and oxygen atoms in total. The average Bonchev–Trinajstić information content (AvgIpc) is 3.58. The van der Waals surface area contributed by atoms with Crippen LogP contribution in [0.2, 0.25) is 10.0 Å². The fourth-order valence-corrected chi connectivity index (χ4v) is 3.84. The van der Waals surface area contributed by atoms with Crippen molar-refractivity contribution in [2.45, 2.75) is 45.1 Å². The van der Waals surface area contributed by atoms with Crippen molar-refractivity contribution in [3.63, 3.8) is 0 Å². The molecule has 3 aromatic heterocycles. The van der Waals surface area contributed by atoms with Gasteiger partial charge in [-0.15, -0.1) is 0 Å². The summed E-state index contributed by atoms with van der Waals surface area (Å²) in [7, 11) is 0. The zero-order valence-electron chi connectivity index (χ0n) is 19.3. The molecule has 4 heterocycles. The molecule has 0 N–H and O–H groups in total. The first kappa shape index (κ1) is 25.3. The second-order valence-corrected chi connectivity index (χ2v) is 9.11. The van der Waals surface area contributed by atoms with Gasteiger partial charge in [0.15, 0.2) is 5.65 Å². The zero-order chi connectivity index (χ0) is 24.8. The number of halogens is 3. The minimum Gasteiger partial charge on any atom is -0.381 e. The summed E-state index contributed by atoms with van der Waals surface area (Å²) in [4.78, 5) is 20.5. The van der Waals surface area contributed by atoms with Crippen molar-refractivity contribution in [1.82, 2.24) is 24.1 Å². The topological polar surface area (TPSA) is 74.3 Å². The van der Waals surface area contributed by atoms with Gasteiger partial charge in [-0.3, -0.25) is 18.9 Å². The smallest absolute Gasteiger partial charge is 0.277 e. The number of benzene rings is 1. The van der Waals surface area contributed by atoms with E-state index in [9.17, 15) is 9.18 Å². The molecule has 0 radical (unpaired) electrons. The van der Waals surface area contributed by atoms with Gasteiger partial charge < -0.3 is 4.74 Å². The summed E-state index contributed by atoms with van der Waals surface area (Å²) in [5.74, 6) is -0.537. The summed E-state index contributed by atoms with van der Waals surface area (Å²) in [6.45, 7) is 3.61. The van der Waals surface area contributed by atoms with Crippen molar-refractivity contribution in [2.24, 2.45) is 0 Å². The van der Waals surface area contributed by atoms with Crippen LogP contribution in [0.5, 0.6) is 0 Å². The summed E-state index contributed by atoms with van der Waals surface area (Å²) in [5, 5.41) is 4.40. The first-order valence-electron chi connectivity index (χ1n) is 11.5. The molecule has 10 heteroatoms. The number of hydrogen-bond acceptors (Lipinski definition) is 5. The fourth-order valence-electron chi connectivity index (χ4n) is 3.55. The van der Waals surface area contributed by atoms with E-state index < -0.39 is 11.4 Å². The highest BCUT2D eigenvalue weighted by Gasteiger charge is 2.23. The van der Waals surface area contributed by atoms with Gasteiger partial charge in [0.25, 0.3) is 5.56 Å². The van der Waals surface area contributed by atoms with E-state index in [1.54, 1.807) is 13.0 Å². The van der Waals surface area contributed by atoms with Gasteiger partial charge in [-0.05, 0) is 63.3 Å². The largest absolute Gasteiger partial charge is 0.381 e. The molecule has 4 aromatic rings. The third kappa shape index (κ3) is 6.45. The second-order valence-electron chi connectivity index (χ2n) is 8.30. The number of nitrogens with zero attached hydrogens (tertiary/aromatic N) is 5. The van der Waals surface area contributed by atoms with Crippen LogP contribution in [0, 0.1) is 12.7 Å². The Labute approximate surface area is 212 Å². The molecule has 0 amide bonds. The van der Waals surface area contributed by atoms with Crippen LogP contribution in [0.15, 0.2) is 53.8 Å². The normalized spacial score (nSPS) is 15.1. The summed E-state index contributed by atoms with van der Waals surface area (Å²) >= 11 is 11.6. The highest BCUT2D eigenvalue weighted by atomic mass is 35.5. The van der Waals surface area contributed by atoms with Crippen LogP contribution < -0.4 is 5.56 Å². The van der Waals surface area contributed by atoms with Crippen LogP contribution in [0.25, 0.3) is 16.9 Å². The number of hydrogen-bond donors (Lipinski definition) is 0. The van der Waals surface area contributed by atoms with Gasteiger partial charge in [-0.1, -0.05) is 23.2 Å². The molecule has 0 bridgehead atoms. The molecule has 1 saturated carbocycles. The second kappa shape index (κ2) is 11.7. The van der Waals surface area contributed by atoms with Gasteiger partial charge in [0.2, 0.25) is 0 Å². The third-order valence-electron chi connectivity index (χ3n) is 5.57. The first-order valence-corrected chi connectivity index (χ1v) is 12.3. The molecule has 35 heavy (non-hydrogen) atoms. The summed E-state index contributed by atoms with van der Waals surface area (Å²) < 4.78 is 22.4. The molecule has 6 rings (SSSR count). The molecule has 1 aromatic carbocycles.